The summed E-state index contributed by atoms with van der Waals surface area (Å²) >= 11 is 3.48. The summed E-state index contributed by atoms with van der Waals surface area (Å²) in [6.45, 7) is 9.02. The zero-order valence-corrected chi connectivity index (χ0v) is 12.4. The lowest BCUT2D eigenvalue weighted by atomic mass is 9.86. The van der Waals surface area contributed by atoms with Crippen LogP contribution in [0.3, 0.4) is 0 Å². The monoisotopic (exact) mass is 298 g/mol. The molecule has 0 aliphatic rings. The maximum Gasteiger partial charge on any atom is 0.153 e. The molecule has 0 N–H and O–H groups in total. The third kappa shape index (κ3) is 3.56. The highest BCUT2D eigenvalue weighted by Gasteiger charge is 2.18. The van der Waals surface area contributed by atoms with Crippen LogP contribution in [0.5, 0.6) is 5.75 Å². The van der Waals surface area contributed by atoms with Crippen molar-refractivity contribution < 1.29 is 9.53 Å². The number of hydrogen-bond acceptors (Lipinski definition) is 2. The molecule has 94 valence electrons. The average Bonchev–Trinajstić information content (AvgIpc) is 2.25. The van der Waals surface area contributed by atoms with Crippen molar-refractivity contribution in [2.75, 3.05) is 6.61 Å². The zero-order valence-electron chi connectivity index (χ0n) is 10.8. The van der Waals surface area contributed by atoms with Gasteiger partial charge in [-0.2, -0.15) is 0 Å². The number of rotatable bonds is 4. The Kier molecular flexibility index (Phi) is 4.75. The van der Waals surface area contributed by atoms with E-state index in [1.807, 2.05) is 19.1 Å². The third-order valence-electron chi connectivity index (χ3n) is 2.52. The van der Waals surface area contributed by atoms with Crippen LogP contribution in [-0.2, 0) is 5.41 Å². The normalized spacial score (nSPS) is 11.4. The lowest BCUT2D eigenvalue weighted by Crippen LogP contribution is -2.12. The molecule has 0 aliphatic heterocycles. The fourth-order valence-electron chi connectivity index (χ4n) is 1.49. The molecule has 0 spiro atoms. The molecule has 0 aromatic heterocycles. The number of ether oxygens (including phenoxy) is 1. The highest BCUT2D eigenvalue weighted by Crippen LogP contribution is 2.34. The van der Waals surface area contributed by atoms with Crippen molar-refractivity contribution in [3.63, 3.8) is 0 Å². The van der Waals surface area contributed by atoms with Crippen LogP contribution < -0.4 is 4.74 Å². The summed E-state index contributed by atoms with van der Waals surface area (Å²) < 4.78 is 6.45. The standard InChI is InChI=1S/C14H19BrO2/c1-5-6-17-13-10(9-16)7-11(8-12(13)15)14(2,3)4/h7-9H,5-6H2,1-4H3. The van der Waals surface area contributed by atoms with Gasteiger partial charge in [0.1, 0.15) is 5.75 Å². The van der Waals surface area contributed by atoms with E-state index >= 15 is 0 Å². The molecule has 0 fully saturated rings. The third-order valence-corrected chi connectivity index (χ3v) is 3.10. The Hall–Kier alpha value is -0.830. The Morgan fingerprint density at radius 1 is 1.35 bits per heavy atom. The fourth-order valence-corrected chi connectivity index (χ4v) is 2.08. The van der Waals surface area contributed by atoms with E-state index < -0.39 is 0 Å². The summed E-state index contributed by atoms with van der Waals surface area (Å²) in [7, 11) is 0. The van der Waals surface area contributed by atoms with Crippen molar-refractivity contribution in [3.05, 3.63) is 27.7 Å². The van der Waals surface area contributed by atoms with Crippen LogP contribution in [0.15, 0.2) is 16.6 Å². The Morgan fingerprint density at radius 3 is 2.47 bits per heavy atom. The average molecular weight is 299 g/mol. The molecule has 17 heavy (non-hydrogen) atoms. The van der Waals surface area contributed by atoms with E-state index in [2.05, 4.69) is 36.7 Å². The second kappa shape index (κ2) is 5.67. The first-order valence-corrected chi connectivity index (χ1v) is 6.61. The van der Waals surface area contributed by atoms with E-state index in [-0.39, 0.29) is 5.41 Å². The second-order valence-corrected chi connectivity index (χ2v) is 5.95. The number of halogens is 1. The summed E-state index contributed by atoms with van der Waals surface area (Å²) in [6, 6.07) is 3.93. The summed E-state index contributed by atoms with van der Waals surface area (Å²) in [5, 5.41) is 0. The van der Waals surface area contributed by atoms with Gasteiger partial charge in [-0.1, -0.05) is 27.7 Å². The van der Waals surface area contributed by atoms with Crippen LogP contribution in [-0.4, -0.2) is 12.9 Å². The number of aldehydes is 1. The van der Waals surface area contributed by atoms with E-state index in [1.165, 1.54) is 0 Å². The van der Waals surface area contributed by atoms with Gasteiger partial charge in [-0.15, -0.1) is 0 Å². The van der Waals surface area contributed by atoms with Crippen molar-refractivity contribution in [2.45, 2.75) is 39.5 Å². The van der Waals surface area contributed by atoms with Crippen LogP contribution in [0.1, 0.15) is 50.0 Å². The molecule has 0 aliphatic carbocycles. The molecule has 3 heteroatoms. The predicted molar refractivity (Wildman–Crippen MR) is 74.0 cm³/mol. The first-order valence-electron chi connectivity index (χ1n) is 5.82. The first-order chi connectivity index (χ1) is 7.90. The van der Waals surface area contributed by atoms with E-state index in [9.17, 15) is 4.79 Å². The number of carbonyl (C=O) groups excluding carboxylic acids is 1. The predicted octanol–water partition coefficient (Wildman–Crippen LogP) is 4.35. The minimum absolute atomic E-state index is 0.0174. The van der Waals surface area contributed by atoms with Gasteiger partial charge in [-0.05, 0) is 45.5 Å². The van der Waals surface area contributed by atoms with E-state index in [1.54, 1.807) is 0 Å². The van der Waals surface area contributed by atoms with Gasteiger partial charge in [0.15, 0.2) is 6.29 Å². The molecular weight excluding hydrogens is 280 g/mol. The van der Waals surface area contributed by atoms with Gasteiger partial charge in [-0.25, -0.2) is 0 Å². The van der Waals surface area contributed by atoms with Crippen LogP contribution in [0.25, 0.3) is 0 Å². The number of hydrogen-bond donors (Lipinski definition) is 0. The summed E-state index contributed by atoms with van der Waals surface area (Å²) in [6.07, 6.45) is 1.77. The van der Waals surface area contributed by atoms with Crippen LogP contribution in [0, 0.1) is 0 Å². The number of benzene rings is 1. The van der Waals surface area contributed by atoms with Gasteiger partial charge in [0.05, 0.1) is 16.6 Å². The minimum Gasteiger partial charge on any atom is -0.492 e. The number of carbonyl (C=O) groups is 1. The van der Waals surface area contributed by atoms with Crippen molar-refractivity contribution in [3.8, 4) is 5.75 Å². The summed E-state index contributed by atoms with van der Waals surface area (Å²) in [5.74, 6) is 0.648. The van der Waals surface area contributed by atoms with Crippen LogP contribution >= 0.6 is 15.9 Å². The van der Waals surface area contributed by atoms with Gasteiger partial charge < -0.3 is 4.74 Å². The van der Waals surface area contributed by atoms with Gasteiger partial charge in [0.2, 0.25) is 0 Å². The Labute approximate surface area is 111 Å². The summed E-state index contributed by atoms with van der Waals surface area (Å²) in [5.41, 5.74) is 1.75. The first kappa shape index (κ1) is 14.2. The topological polar surface area (TPSA) is 26.3 Å². The molecule has 0 radical (unpaired) electrons. The molecule has 0 atom stereocenters. The fraction of sp³-hybridized carbons (Fsp3) is 0.500. The molecule has 0 saturated carbocycles. The SMILES string of the molecule is CCCOc1c(Br)cc(C(C)(C)C)cc1C=O. The van der Waals surface area contributed by atoms with Gasteiger partial charge in [0, 0.05) is 0 Å². The highest BCUT2D eigenvalue weighted by atomic mass is 79.9. The molecule has 0 heterocycles. The Morgan fingerprint density at radius 2 is 2.00 bits per heavy atom. The van der Waals surface area contributed by atoms with Crippen molar-refractivity contribution in [2.24, 2.45) is 0 Å². The maximum atomic E-state index is 11.1. The van der Waals surface area contributed by atoms with Gasteiger partial charge >= 0.3 is 0 Å². The molecule has 1 aromatic rings. The molecular formula is C14H19BrO2. The molecule has 1 aromatic carbocycles. The quantitative estimate of drug-likeness (QED) is 0.773. The molecule has 0 amide bonds. The lowest BCUT2D eigenvalue weighted by molar-refractivity contribution is 0.111. The highest BCUT2D eigenvalue weighted by molar-refractivity contribution is 9.10. The minimum atomic E-state index is 0.0174. The van der Waals surface area contributed by atoms with E-state index in [0.717, 1.165) is 22.7 Å². The molecule has 0 bridgehead atoms. The van der Waals surface area contributed by atoms with Crippen molar-refractivity contribution >= 4 is 22.2 Å². The van der Waals surface area contributed by atoms with Crippen LogP contribution in [0.4, 0.5) is 0 Å². The van der Waals surface area contributed by atoms with Crippen molar-refractivity contribution in [1.29, 1.82) is 0 Å². The van der Waals surface area contributed by atoms with E-state index in [0.29, 0.717) is 17.9 Å². The molecule has 2 nitrogen and oxygen atoms in total. The lowest BCUT2D eigenvalue weighted by Gasteiger charge is -2.21. The maximum absolute atomic E-state index is 11.1. The van der Waals surface area contributed by atoms with Gasteiger partial charge in [0.25, 0.3) is 0 Å². The van der Waals surface area contributed by atoms with Gasteiger partial charge in [-0.3, -0.25) is 4.79 Å². The largest absolute Gasteiger partial charge is 0.492 e. The van der Waals surface area contributed by atoms with Crippen LogP contribution in [0.2, 0.25) is 0 Å². The summed E-state index contributed by atoms with van der Waals surface area (Å²) in [4.78, 5) is 11.1. The molecule has 1 rings (SSSR count). The Bertz CT molecular complexity index is 405. The molecule has 0 saturated heterocycles. The molecule has 0 unspecified atom stereocenters. The smallest absolute Gasteiger partial charge is 0.153 e. The van der Waals surface area contributed by atoms with Crippen molar-refractivity contribution in [1.82, 2.24) is 0 Å². The Balaban J connectivity index is 3.21. The zero-order chi connectivity index (χ0) is 13.1. The van der Waals surface area contributed by atoms with E-state index in [4.69, 9.17) is 4.74 Å². The second-order valence-electron chi connectivity index (χ2n) is 5.09.